The molecule has 0 bridgehead atoms. The largest absolute Gasteiger partial charge is 0.306 e. The maximum absolute atomic E-state index is 2.54. The topological polar surface area (TPSA) is 13.1 Å². The van der Waals surface area contributed by atoms with E-state index >= 15 is 0 Å². The third-order valence-electron chi connectivity index (χ3n) is 9.81. The normalized spacial score (nSPS) is 12.7. The molecule has 1 aliphatic heterocycles. The highest BCUT2D eigenvalue weighted by atomic mass is 32.1. The number of nitrogens with zero attached hydrogens (tertiary/aromatic N) is 3. The number of fused-ring (bicyclic) bond motifs is 12. The van der Waals surface area contributed by atoms with Gasteiger partial charge < -0.3 is 14.0 Å². The van der Waals surface area contributed by atoms with Gasteiger partial charge in [-0.3, -0.25) is 0 Å². The summed E-state index contributed by atoms with van der Waals surface area (Å²) in [6.45, 7) is 0. The molecule has 0 aliphatic carbocycles. The highest BCUT2D eigenvalue weighted by Crippen LogP contribution is 2.51. The second-order valence-electron chi connectivity index (χ2n) is 12.1. The number of hydrogen-bond donors (Lipinski definition) is 0. The lowest BCUT2D eigenvalue weighted by atomic mass is 10.1. The van der Waals surface area contributed by atoms with Crippen LogP contribution in [0.5, 0.6) is 0 Å². The highest BCUT2D eigenvalue weighted by molar-refractivity contribution is 7.26. The quantitative estimate of drug-likeness (QED) is 0.192. The van der Waals surface area contributed by atoms with Crippen LogP contribution >= 0.6 is 11.3 Å². The summed E-state index contributed by atoms with van der Waals surface area (Å²) in [6, 6.07) is 55.5. The molecule has 0 saturated carbocycles. The van der Waals surface area contributed by atoms with Crippen LogP contribution in [0.1, 0.15) is 0 Å². The Bertz CT molecular complexity index is 2870. The summed E-state index contributed by atoms with van der Waals surface area (Å²) in [5, 5.41) is 7.70. The Labute approximate surface area is 268 Å². The number of anilines is 3. The van der Waals surface area contributed by atoms with E-state index in [0.717, 1.165) is 5.69 Å². The van der Waals surface area contributed by atoms with Gasteiger partial charge in [-0.05, 0) is 48.5 Å². The molecule has 46 heavy (non-hydrogen) atoms. The summed E-state index contributed by atoms with van der Waals surface area (Å²) >= 11 is 1.89. The Morgan fingerprint density at radius 1 is 0.348 bits per heavy atom. The van der Waals surface area contributed by atoms with Crippen molar-refractivity contribution in [2.75, 3.05) is 4.90 Å². The van der Waals surface area contributed by atoms with Gasteiger partial charge in [0.15, 0.2) is 0 Å². The van der Waals surface area contributed by atoms with Crippen LogP contribution in [0, 0.1) is 0 Å². The molecular weight excluding hydrogens is 579 g/mol. The predicted molar refractivity (Wildman–Crippen MR) is 196 cm³/mol. The minimum Gasteiger partial charge on any atom is -0.306 e. The van der Waals surface area contributed by atoms with Crippen molar-refractivity contribution in [3.63, 3.8) is 0 Å². The van der Waals surface area contributed by atoms with Crippen LogP contribution in [0.3, 0.4) is 0 Å². The molecule has 0 fully saturated rings. The number of hydrogen-bond acceptors (Lipinski definition) is 2. The molecule has 10 aromatic rings. The fourth-order valence-electron chi connectivity index (χ4n) is 7.99. The molecule has 4 heteroatoms. The summed E-state index contributed by atoms with van der Waals surface area (Å²) in [6.07, 6.45) is 0. The van der Waals surface area contributed by atoms with Crippen molar-refractivity contribution in [3.05, 3.63) is 152 Å². The molecule has 3 nitrogen and oxygen atoms in total. The predicted octanol–water partition coefficient (Wildman–Crippen LogP) is 12.0. The Kier molecular flexibility index (Phi) is 4.72. The first kappa shape index (κ1) is 24.5. The zero-order valence-electron chi connectivity index (χ0n) is 24.7. The second kappa shape index (κ2) is 8.87. The number of benzene rings is 7. The second-order valence-corrected chi connectivity index (χ2v) is 13.2. The minimum absolute atomic E-state index is 1.16. The van der Waals surface area contributed by atoms with Gasteiger partial charge in [0.05, 0.1) is 49.5 Å². The van der Waals surface area contributed by atoms with Gasteiger partial charge in [-0.15, -0.1) is 11.3 Å². The van der Waals surface area contributed by atoms with E-state index in [9.17, 15) is 0 Å². The maximum Gasteiger partial charge on any atom is 0.0790 e. The van der Waals surface area contributed by atoms with Crippen LogP contribution in [0.25, 0.3) is 75.2 Å². The molecule has 4 heterocycles. The van der Waals surface area contributed by atoms with Gasteiger partial charge in [-0.25, -0.2) is 0 Å². The lowest BCUT2D eigenvalue weighted by Crippen LogP contribution is -2.18. The first-order chi connectivity index (χ1) is 22.9. The first-order valence-corrected chi connectivity index (χ1v) is 16.5. The van der Waals surface area contributed by atoms with Gasteiger partial charge in [0.25, 0.3) is 0 Å². The van der Waals surface area contributed by atoms with E-state index in [-0.39, 0.29) is 0 Å². The zero-order chi connectivity index (χ0) is 29.9. The zero-order valence-corrected chi connectivity index (χ0v) is 25.5. The van der Waals surface area contributed by atoms with Crippen molar-refractivity contribution in [3.8, 4) is 11.4 Å². The van der Waals surface area contributed by atoms with E-state index in [1.165, 1.54) is 86.5 Å². The smallest absolute Gasteiger partial charge is 0.0790 e. The van der Waals surface area contributed by atoms with Crippen molar-refractivity contribution in [2.24, 2.45) is 0 Å². The molecule has 3 aromatic heterocycles. The highest BCUT2D eigenvalue weighted by Gasteiger charge is 2.30. The molecule has 0 unspecified atom stereocenters. The van der Waals surface area contributed by atoms with Crippen molar-refractivity contribution < 1.29 is 0 Å². The van der Waals surface area contributed by atoms with Crippen LogP contribution in [0.15, 0.2) is 152 Å². The molecular formula is C42H25N3S. The van der Waals surface area contributed by atoms with Crippen molar-refractivity contribution in [1.29, 1.82) is 0 Å². The van der Waals surface area contributed by atoms with E-state index < -0.39 is 0 Å². The van der Waals surface area contributed by atoms with Crippen LogP contribution < -0.4 is 4.90 Å². The summed E-state index contributed by atoms with van der Waals surface area (Å²) in [5.74, 6) is 0. The molecule has 0 radical (unpaired) electrons. The minimum atomic E-state index is 1.16. The molecule has 0 saturated heterocycles. The van der Waals surface area contributed by atoms with Crippen LogP contribution in [0.2, 0.25) is 0 Å². The Morgan fingerprint density at radius 2 is 0.935 bits per heavy atom. The summed E-state index contributed by atoms with van der Waals surface area (Å²) in [7, 11) is 0. The maximum atomic E-state index is 2.54. The van der Waals surface area contributed by atoms with Gasteiger partial charge >= 0.3 is 0 Å². The molecule has 11 rings (SSSR count). The fraction of sp³-hybridized carbons (Fsp3) is 0. The first-order valence-electron chi connectivity index (χ1n) is 15.7. The van der Waals surface area contributed by atoms with E-state index in [1.54, 1.807) is 0 Å². The number of aromatic nitrogens is 2. The SMILES string of the molecule is c1ccc(N2c3ccccc3-n3c4c2cccc4c2ccc4c5ccccc5n(-c5cccc6c5sc5ccccc56)c4c23)cc1. The van der Waals surface area contributed by atoms with Crippen molar-refractivity contribution in [1.82, 2.24) is 9.13 Å². The van der Waals surface area contributed by atoms with Crippen LogP contribution in [-0.2, 0) is 0 Å². The standard InChI is InChI=1S/C42H25N3S/c1-2-12-26(13-3-1)43-34-19-7-8-20-35(34)45-39-29(16-10-21-36(39)43)31-25-24-30-27-14-4-6-18-33(27)44(40(30)41(31)45)37-22-11-17-32-28-15-5-9-23-38(28)46-42(32)37/h1-25H. The average Bonchev–Trinajstić information content (AvgIpc) is 3.78. The Balaban J connectivity index is 1.37. The van der Waals surface area contributed by atoms with Gasteiger partial charge in [0.2, 0.25) is 0 Å². The van der Waals surface area contributed by atoms with E-state index in [4.69, 9.17) is 0 Å². The monoisotopic (exact) mass is 603 g/mol. The molecule has 0 spiro atoms. The van der Waals surface area contributed by atoms with Crippen molar-refractivity contribution in [2.45, 2.75) is 0 Å². The Morgan fingerprint density at radius 3 is 1.80 bits per heavy atom. The van der Waals surface area contributed by atoms with E-state index in [2.05, 4.69) is 166 Å². The lowest BCUT2D eigenvalue weighted by molar-refractivity contribution is 1.11. The van der Waals surface area contributed by atoms with Gasteiger partial charge in [0, 0.05) is 42.7 Å². The Hall–Kier alpha value is -5.84. The van der Waals surface area contributed by atoms with Crippen molar-refractivity contribution >= 4 is 92.2 Å². The number of rotatable bonds is 2. The lowest BCUT2D eigenvalue weighted by Gasteiger charge is -2.33. The fourth-order valence-corrected chi connectivity index (χ4v) is 9.19. The summed E-state index contributed by atoms with van der Waals surface area (Å²) in [4.78, 5) is 2.42. The molecule has 214 valence electrons. The third kappa shape index (κ3) is 3.02. The van der Waals surface area contributed by atoms with Gasteiger partial charge in [-0.1, -0.05) is 103 Å². The molecule has 0 N–H and O–H groups in total. The average molecular weight is 604 g/mol. The summed E-state index contributed by atoms with van der Waals surface area (Å²) < 4.78 is 7.71. The number of thiophene rings is 1. The molecule has 7 aromatic carbocycles. The molecule has 0 atom stereocenters. The number of para-hydroxylation sites is 5. The third-order valence-corrected chi connectivity index (χ3v) is 11.0. The summed E-state index contributed by atoms with van der Waals surface area (Å²) in [5.41, 5.74) is 10.9. The van der Waals surface area contributed by atoms with E-state index in [0.29, 0.717) is 0 Å². The van der Waals surface area contributed by atoms with Gasteiger partial charge in [-0.2, -0.15) is 0 Å². The molecule has 1 aliphatic rings. The van der Waals surface area contributed by atoms with Crippen LogP contribution in [0.4, 0.5) is 17.1 Å². The van der Waals surface area contributed by atoms with Crippen LogP contribution in [-0.4, -0.2) is 9.13 Å². The van der Waals surface area contributed by atoms with E-state index in [1.807, 2.05) is 11.3 Å². The molecule has 0 amide bonds. The van der Waals surface area contributed by atoms with Gasteiger partial charge in [0.1, 0.15) is 0 Å².